The van der Waals surface area contributed by atoms with E-state index in [-0.39, 0.29) is 11.8 Å². The van der Waals surface area contributed by atoms with E-state index in [2.05, 4.69) is 55.6 Å². The third-order valence-electron chi connectivity index (χ3n) is 6.41. The minimum absolute atomic E-state index is 0.0715. The monoisotopic (exact) mass is 415 g/mol. The number of thioether (sulfide) groups is 1. The molecular weight excluding hydrogens is 386 g/mol. The van der Waals surface area contributed by atoms with Gasteiger partial charge in [-0.15, -0.1) is 11.8 Å². The number of hydrogen-bond acceptors (Lipinski definition) is 4. The van der Waals surface area contributed by atoms with E-state index in [9.17, 15) is 8.42 Å². The van der Waals surface area contributed by atoms with Gasteiger partial charge in [0.15, 0.2) is 9.84 Å². The molecule has 1 N–H and O–H groups in total. The van der Waals surface area contributed by atoms with Crippen molar-refractivity contribution in [2.75, 3.05) is 11.5 Å². The SMILES string of the molecule is CCCC[C@@]1(CC)CS(=O)(=O)C2=CC=CC3=CCSC32[C@H](c2ccccc2)N1. The molecule has 150 valence electrons. The summed E-state index contributed by atoms with van der Waals surface area (Å²) in [5.74, 6) is 1.01. The maximum atomic E-state index is 13.7. The van der Waals surface area contributed by atoms with Gasteiger partial charge >= 0.3 is 0 Å². The van der Waals surface area contributed by atoms with Crippen LogP contribution in [0.1, 0.15) is 51.1 Å². The van der Waals surface area contributed by atoms with E-state index in [0.717, 1.165) is 42.6 Å². The third-order valence-corrected chi connectivity index (χ3v) is 10.1. The van der Waals surface area contributed by atoms with Crippen molar-refractivity contribution in [1.82, 2.24) is 5.32 Å². The highest BCUT2D eigenvalue weighted by Crippen LogP contribution is 2.58. The van der Waals surface area contributed by atoms with Crippen molar-refractivity contribution >= 4 is 21.6 Å². The predicted octanol–water partition coefficient (Wildman–Crippen LogP) is 4.95. The Morgan fingerprint density at radius 2 is 2.00 bits per heavy atom. The zero-order chi connectivity index (χ0) is 19.8. The van der Waals surface area contributed by atoms with Crippen molar-refractivity contribution in [2.45, 2.75) is 55.9 Å². The fourth-order valence-corrected chi connectivity index (χ4v) is 9.16. The van der Waals surface area contributed by atoms with Gasteiger partial charge < -0.3 is 5.32 Å². The van der Waals surface area contributed by atoms with Gasteiger partial charge in [0.1, 0.15) is 0 Å². The normalized spacial score (nSPS) is 33.4. The fraction of sp³-hybridized carbons (Fsp3) is 0.478. The van der Waals surface area contributed by atoms with E-state index < -0.39 is 20.1 Å². The molecule has 28 heavy (non-hydrogen) atoms. The van der Waals surface area contributed by atoms with E-state index in [1.165, 1.54) is 0 Å². The van der Waals surface area contributed by atoms with Gasteiger partial charge in [0.2, 0.25) is 0 Å². The fourth-order valence-electron chi connectivity index (χ4n) is 4.89. The highest BCUT2D eigenvalue weighted by Gasteiger charge is 2.57. The molecule has 1 aromatic carbocycles. The summed E-state index contributed by atoms with van der Waals surface area (Å²) in [7, 11) is -3.39. The van der Waals surface area contributed by atoms with Gasteiger partial charge in [-0.1, -0.05) is 75.2 Å². The van der Waals surface area contributed by atoms with Crippen LogP contribution in [-0.2, 0) is 9.84 Å². The number of sulfone groups is 1. The van der Waals surface area contributed by atoms with Gasteiger partial charge in [-0.25, -0.2) is 8.42 Å². The van der Waals surface area contributed by atoms with Crippen molar-refractivity contribution in [1.29, 1.82) is 0 Å². The molecule has 0 saturated carbocycles. The summed E-state index contributed by atoms with van der Waals surface area (Å²) in [6, 6.07) is 10.3. The molecule has 2 aliphatic heterocycles. The van der Waals surface area contributed by atoms with Gasteiger partial charge in [-0.2, -0.15) is 0 Å². The van der Waals surface area contributed by atoms with Crippen LogP contribution in [0.15, 0.2) is 65.1 Å². The van der Waals surface area contributed by atoms with Gasteiger partial charge in [0, 0.05) is 11.3 Å². The number of benzene rings is 1. The van der Waals surface area contributed by atoms with Gasteiger partial charge in [-0.05, 0) is 30.1 Å². The molecule has 5 heteroatoms. The van der Waals surface area contributed by atoms with Crippen molar-refractivity contribution in [2.24, 2.45) is 0 Å². The Kier molecular flexibility index (Phi) is 5.36. The minimum Gasteiger partial charge on any atom is -0.302 e. The minimum atomic E-state index is -3.39. The number of rotatable bonds is 5. The molecule has 1 fully saturated rings. The molecule has 0 aromatic heterocycles. The number of hydrogen-bond donors (Lipinski definition) is 1. The molecule has 3 atom stereocenters. The summed E-state index contributed by atoms with van der Waals surface area (Å²) in [6.07, 6.45) is 11.8. The highest BCUT2D eigenvalue weighted by molar-refractivity contribution is 8.04. The molecular formula is C23H29NO2S2. The van der Waals surface area contributed by atoms with E-state index in [0.29, 0.717) is 4.91 Å². The van der Waals surface area contributed by atoms with Gasteiger partial charge in [0.05, 0.1) is 21.4 Å². The molecule has 0 radical (unpaired) electrons. The average molecular weight is 416 g/mol. The molecule has 0 bridgehead atoms. The Labute approximate surface area is 173 Å². The summed E-state index contributed by atoms with van der Waals surface area (Å²) >= 11 is 1.76. The molecule has 2 heterocycles. The lowest BCUT2D eigenvalue weighted by atomic mass is 9.80. The Bertz CT molecular complexity index is 933. The Morgan fingerprint density at radius 3 is 2.71 bits per heavy atom. The maximum Gasteiger partial charge on any atom is 0.178 e. The zero-order valence-corrected chi connectivity index (χ0v) is 18.3. The van der Waals surface area contributed by atoms with E-state index in [4.69, 9.17) is 0 Å². The van der Waals surface area contributed by atoms with E-state index in [1.54, 1.807) is 11.8 Å². The smallest absolute Gasteiger partial charge is 0.178 e. The first-order valence-electron chi connectivity index (χ1n) is 10.3. The first-order valence-corrected chi connectivity index (χ1v) is 12.9. The third kappa shape index (κ3) is 3.12. The standard InChI is InChI=1S/C23H29NO2S2/c1-3-5-15-22(4-2)17-28(25,26)20-13-9-12-19-14-16-27-23(19,20)21(24-22)18-10-7-6-8-11-18/h6-14,21,24H,3-5,15-17H2,1-2H3/t21-,22-,23?/m0/s1. The maximum absolute atomic E-state index is 13.7. The summed E-state index contributed by atoms with van der Waals surface area (Å²) in [4.78, 5) is 0.587. The van der Waals surface area contributed by atoms with Crippen LogP contribution >= 0.6 is 11.8 Å². The van der Waals surface area contributed by atoms with Crippen molar-refractivity contribution < 1.29 is 8.42 Å². The molecule has 0 amide bonds. The molecule has 4 rings (SSSR count). The van der Waals surface area contributed by atoms with Crippen molar-refractivity contribution in [3.8, 4) is 0 Å². The molecule has 1 saturated heterocycles. The van der Waals surface area contributed by atoms with Crippen LogP contribution in [-0.4, -0.2) is 30.2 Å². The summed E-state index contributed by atoms with van der Waals surface area (Å²) < 4.78 is 26.8. The van der Waals surface area contributed by atoms with Crippen LogP contribution in [0, 0.1) is 0 Å². The first-order chi connectivity index (χ1) is 13.5. The van der Waals surface area contributed by atoms with Crippen LogP contribution < -0.4 is 5.32 Å². The quantitative estimate of drug-likeness (QED) is 0.739. The second-order valence-corrected chi connectivity index (χ2v) is 11.3. The first kappa shape index (κ1) is 20.0. The molecule has 3 aliphatic rings. The van der Waals surface area contributed by atoms with Gasteiger partial charge in [0.25, 0.3) is 0 Å². The van der Waals surface area contributed by atoms with Crippen LogP contribution in [0.4, 0.5) is 0 Å². The average Bonchev–Trinajstić information content (AvgIpc) is 3.11. The lowest BCUT2D eigenvalue weighted by Crippen LogP contribution is -2.52. The van der Waals surface area contributed by atoms with Crippen molar-refractivity contribution in [3.05, 3.63) is 70.7 Å². The lowest BCUT2D eigenvalue weighted by molar-refractivity contribution is 0.272. The summed E-state index contributed by atoms with van der Waals surface area (Å²) in [5, 5.41) is 3.93. The Hall–Kier alpha value is -1.30. The molecule has 1 unspecified atom stereocenters. The lowest BCUT2D eigenvalue weighted by Gasteiger charge is -2.43. The van der Waals surface area contributed by atoms with E-state index in [1.807, 2.05) is 18.2 Å². The summed E-state index contributed by atoms with van der Waals surface area (Å²) in [5.41, 5.74) is 1.88. The topological polar surface area (TPSA) is 46.2 Å². The van der Waals surface area contributed by atoms with Crippen LogP contribution in [0.25, 0.3) is 0 Å². The predicted molar refractivity (Wildman–Crippen MR) is 119 cm³/mol. The second-order valence-electron chi connectivity index (χ2n) is 8.08. The largest absolute Gasteiger partial charge is 0.302 e. The molecule has 1 aromatic rings. The number of allylic oxidation sites excluding steroid dienone is 3. The molecule has 1 spiro atoms. The van der Waals surface area contributed by atoms with E-state index >= 15 is 0 Å². The number of unbranched alkanes of at least 4 members (excludes halogenated alkanes) is 1. The summed E-state index contributed by atoms with van der Waals surface area (Å²) in [6.45, 7) is 4.29. The van der Waals surface area contributed by atoms with Crippen LogP contribution in [0.5, 0.6) is 0 Å². The van der Waals surface area contributed by atoms with Gasteiger partial charge in [-0.3, -0.25) is 0 Å². The number of nitrogens with one attached hydrogen (secondary N) is 1. The van der Waals surface area contributed by atoms with Crippen molar-refractivity contribution in [3.63, 3.8) is 0 Å². The molecule has 3 nitrogen and oxygen atoms in total. The Morgan fingerprint density at radius 1 is 1.21 bits per heavy atom. The Balaban J connectivity index is 1.94. The second kappa shape index (κ2) is 7.51. The zero-order valence-electron chi connectivity index (χ0n) is 16.6. The van der Waals surface area contributed by atoms with Crippen LogP contribution in [0.2, 0.25) is 0 Å². The molecule has 1 aliphatic carbocycles. The van der Waals surface area contributed by atoms with Crippen LogP contribution in [0.3, 0.4) is 0 Å². The highest BCUT2D eigenvalue weighted by atomic mass is 32.2.